The maximum absolute atomic E-state index is 11.7. The summed E-state index contributed by atoms with van der Waals surface area (Å²) in [7, 11) is -1.27. The molecule has 0 amide bonds. The number of hydrogen-bond donors (Lipinski definition) is 2. The number of benzene rings is 2. The van der Waals surface area contributed by atoms with E-state index in [4.69, 9.17) is 5.73 Å². The number of anilines is 3. The highest BCUT2D eigenvalue weighted by atomic mass is 32.2. The van der Waals surface area contributed by atoms with Crippen LogP contribution in [0.4, 0.5) is 17.5 Å². The van der Waals surface area contributed by atoms with E-state index in [0.29, 0.717) is 11.4 Å². The summed E-state index contributed by atoms with van der Waals surface area (Å²) in [5, 5.41) is 8.03. The maximum Gasteiger partial charge on any atom is 0.221 e. The lowest BCUT2D eigenvalue weighted by molar-refractivity contribution is 0.601. The van der Waals surface area contributed by atoms with Crippen molar-refractivity contribution in [3.8, 4) is 11.1 Å². The molecule has 0 aliphatic heterocycles. The number of aromatic amines is 1. The third-order valence-corrected chi connectivity index (χ3v) is 5.44. The standard InChI is InChI=1S/C20H20N6O2S/c1-26(16-5-3-4-13(8-16)12-29(2,27)28)19-17(11-22-20(21)24-19)14-6-7-15-10-23-25-18(15)9-14/h3-11H,12H2,1-2H3,(H,23,25)(H2,21,22,24). The van der Waals surface area contributed by atoms with E-state index in [1.54, 1.807) is 18.5 Å². The summed E-state index contributed by atoms with van der Waals surface area (Å²) in [6, 6.07) is 13.3. The predicted molar refractivity (Wildman–Crippen MR) is 115 cm³/mol. The summed E-state index contributed by atoms with van der Waals surface area (Å²) in [5.41, 5.74) is 9.99. The molecular weight excluding hydrogens is 388 g/mol. The van der Waals surface area contributed by atoms with Crippen LogP contribution in [-0.2, 0) is 15.6 Å². The first kappa shape index (κ1) is 18.9. The average molecular weight is 408 g/mol. The fourth-order valence-corrected chi connectivity index (χ4v) is 4.01. The van der Waals surface area contributed by atoms with Crippen molar-refractivity contribution < 1.29 is 8.42 Å². The van der Waals surface area contributed by atoms with Crippen LogP contribution in [0.15, 0.2) is 54.9 Å². The van der Waals surface area contributed by atoms with E-state index in [1.807, 2.05) is 48.3 Å². The smallest absolute Gasteiger partial charge is 0.221 e. The normalized spacial score (nSPS) is 11.7. The van der Waals surface area contributed by atoms with Crippen LogP contribution in [-0.4, -0.2) is 41.9 Å². The quantitative estimate of drug-likeness (QED) is 0.521. The number of fused-ring (bicyclic) bond motifs is 1. The highest BCUT2D eigenvalue weighted by molar-refractivity contribution is 7.89. The van der Waals surface area contributed by atoms with E-state index in [1.165, 1.54) is 6.26 Å². The van der Waals surface area contributed by atoms with Gasteiger partial charge in [0.25, 0.3) is 0 Å². The summed E-state index contributed by atoms with van der Waals surface area (Å²) in [5.74, 6) is 0.752. The minimum Gasteiger partial charge on any atom is -0.368 e. The molecule has 8 nitrogen and oxygen atoms in total. The average Bonchev–Trinajstić information content (AvgIpc) is 3.14. The van der Waals surface area contributed by atoms with E-state index in [9.17, 15) is 8.42 Å². The summed E-state index contributed by atoms with van der Waals surface area (Å²) in [6.07, 6.45) is 4.67. The molecule has 2 heterocycles. The summed E-state index contributed by atoms with van der Waals surface area (Å²) < 4.78 is 23.3. The third kappa shape index (κ3) is 4.04. The summed E-state index contributed by atoms with van der Waals surface area (Å²) in [4.78, 5) is 10.5. The molecule has 0 fully saturated rings. The van der Waals surface area contributed by atoms with Gasteiger partial charge in [0, 0.05) is 36.1 Å². The third-order valence-electron chi connectivity index (χ3n) is 4.58. The SMILES string of the molecule is CN(c1cccc(CS(C)(=O)=O)c1)c1nc(N)ncc1-c1ccc2cn[nH]c2c1. The second kappa shape index (κ2) is 7.17. The van der Waals surface area contributed by atoms with Gasteiger partial charge in [-0.3, -0.25) is 5.10 Å². The second-order valence-corrected chi connectivity index (χ2v) is 9.08. The Morgan fingerprint density at radius 1 is 1.14 bits per heavy atom. The number of H-pyrrole nitrogens is 1. The van der Waals surface area contributed by atoms with Gasteiger partial charge >= 0.3 is 0 Å². The molecule has 2 aromatic heterocycles. The Morgan fingerprint density at radius 2 is 1.97 bits per heavy atom. The molecule has 9 heteroatoms. The zero-order valence-electron chi connectivity index (χ0n) is 16.0. The highest BCUT2D eigenvalue weighted by Gasteiger charge is 2.16. The number of nitrogens with one attached hydrogen (secondary N) is 1. The first-order valence-corrected chi connectivity index (χ1v) is 10.9. The number of nitrogens with zero attached hydrogens (tertiary/aromatic N) is 4. The van der Waals surface area contributed by atoms with Crippen LogP contribution in [0, 0.1) is 0 Å². The molecule has 29 heavy (non-hydrogen) atoms. The Labute approximate surface area is 168 Å². The molecule has 3 N–H and O–H groups in total. The van der Waals surface area contributed by atoms with Crippen LogP contribution in [0.1, 0.15) is 5.56 Å². The Bertz CT molecular complexity index is 1300. The van der Waals surface area contributed by atoms with Crippen LogP contribution >= 0.6 is 0 Å². The molecule has 0 atom stereocenters. The number of nitrogen functional groups attached to an aromatic ring is 1. The first-order valence-electron chi connectivity index (χ1n) is 8.86. The molecule has 4 aromatic rings. The minimum absolute atomic E-state index is 0.0239. The van der Waals surface area contributed by atoms with Crippen molar-refractivity contribution in [3.63, 3.8) is 0 Å². The number of rotatable bonds is 5. The van der Waals surface area contributed by atoms with E-state index >= 15 is 0 Å². The van der Waals surface area contributed by atoms with Gasteiger partial charge in [0.05, 0.1) is 17.5 Å². The van der Waals surface area contributed by atoms with Crippen LogP contribution in [0.2, 0.25) is 0 Å². The molecular formula is C20H20N6O2S. The molecule has 0 radical (unpaired) electrons. The Balaban J connectivity index is 1.78. The van der Waals surface area contributed by atoms with Crippen molar-refractivity contribution in [1.29, 1.82) is 0 Å². The monoisotopic (exact) mass is 408 g/mol. The predicted octanol–water partition coefficient (Wildman–Crippen LogP) is 2.91. The highest BCUT2D eigenvalue weighted by Crippen LogP contribution is 2.34. The largest absolute Gasteiger partial charge is 0.368 e. The lowest BCUT2D eigenvalue weighted by Gasteiger charge is -2.22. The van der Waals surface area contributed by atoms with Crippen molar-refractivity contribution in [2.24, 2.45) is 0 Å². The molecule has 2 aromatic carbocycles. The fraction of sp³-hybridized carbons (Fsp3) is 0.150. The lowest BCUT2D eigenvalue weighted by Crippen LogP contribution is -2.14. The molecule has 0 saturated heterocycles. The second-order valence-electron chi connectivity index (χ2n) is 6.94. The number of sulfone groups is 1. The number of nitrogens with two attached hydrogens (primary N) is 1. The zero-order chi connectivity index (χ0) is 20.6. The topological polar surface area (TPSA) is 118 Å². The van der Waals surface area contributed by atoms with Gasteiger partial charge in [0.15, 0.2) is 9.84 Å². The van der Waals surface area contributed by atoms with Crippen molar-refractivity contribution in [1.82, 2.24) is 20.2 Å². The first-order chi connectivity index (χ1) is 13.8. The zero-order valence-corrected chi connectivity index (χ0v) is 16.8. The van der Waals surface area contributed by atoms with Crippen molar-refractivity contribution in [2.45, 2.75) is 5.75 Å². The molecule has 0 unspecified atom stereocenters. The lowest BCUT2D eigenvalue weighted by atomic mass is 10.1. The molecule has 4 rings (SSSR count). The molecule has 0 saturated carbocycles. The number of hydrogen-bond acceptors (Lipinski definition) is 7. The van der Waals surface area contributed by atoms with E-state index in [0.717, 1.165) is 27.7 Å². The molecule has 148 valence electrons. The Kier molecular flexibility index (Phi) is 4.67. The Morgan fingerprint density at radius 3 is 2.76 bits per heavy atom. The maximum atomic E-state index is 11.7. The van der Waals surface area contributed by atoms with Gasteiger partial charge in [-0.25, -0.2) is 13.4 Å². The van der Waals surface area contributed by atoms with Crippen LogP contribution in [0.5, 0.6) is 0 Å². The molecule has 0 spiro atoms. The molecule has 0 bridgehead atoms. The van der Waals surface area contributed by atoms with Gasteiger partial charge in [-0.2, -0.15) is 10.1 Å². The summed E-state index contributed by atoms with van der Waals surface area (Å²) >= 11 is 0. The van der Waals surface area contributed by atoms with E-state index < -0.39 is 9.84 Å². The van der Waals surface area contributed by atoms with Gasteiger partial charge in [-0.15, -0.1) is 0 Å². The van der Waals surface area contributed by atoms with Gasteiger partial charge in [0.1, 0.15) is 5.82 Å². The summed E-state index contributed by atoms with van der Waals surface area (Å²) in [6.45, 7) is 0. The van der Waals surface area contributed by atoms with Crippen LogP contribution in [0.25, 0.3) is 22.0 Å². The van der Waals surface area contributed by atoms with Crippen LogP contribution < -0.4 is 10.6 Å². The van der Waals surface area contributed by atoms with E-state index in [2.05, 4.69) is 20.2 Å². The van der Waals surface area contributed by atoms with Gasteiger partial charge in [-0.05, 0) is 29.3 Å². The van der Waals surface area contributed by atoms with Gasteiger partial charge < -0.3 is 10.6 Å². The fourth-order valence-electron chi connectivity index (χ4n) is 3.23. The molecule has 0 aliphatic carbocycles. The van der Waals surface area contributed by atoms with Crippen molar-refractivity contribution >= 4 is 38.2 Å². The Hall–Kier alpha value is -3.46. The van der Waals surface area contributed by atoms with Crippen LogP contribution in [0.3, 0.4) is 0 Å². The van der Waals surface area contributed by atoms with E-state index in [-0.39, 0.29) is 11.7 Å². The van der Waals surface area contributed by atoms with Gasteiger partial charge in [0.2, 0.25) is 5.95 Å². The van der Waals surface area contributed by atoms with Crippen molar-refractivity contribution in [3.05, 3.63) is 60.4 Å². The van der Waals surface area contributed by atoms with Crippen molar-refractivity contribution in [2.75, 3.05) is 23.9 Å². The number of aromatic nitrogens is 4. The van der Waals surface area contributed by atoms with Gasteiger partial charge in [-0.1, -0.05) is 24.3 Å². The minimum atomic E-state index is -3.13. The molecule has 0 aliphatic rings.